The average molecular weight is 224 g/mol. The summed E-state index contributed by atoms with van der Waals surface area (Å²) in [7, 11) is 0. The first-order chi connectivity index (χ1) is 7.07. The van der Waals surface area contributed by atoms with Crippen molar-refractivity contribution in [1.82, 2.24) is 4.90 Å². The highest BCUT2D eigenvalue weighted by Crippen LogP contribution is 2.30. The van der Waals surface area contributed by atoms with Crippen molar-refractivity contribution in [3.8, 4) is 0 Å². The maximum Gasteiger partial charge on any atom is 0.0519 e. The Morgan fingerprint density at radius 3 is 2.93 bits per heavy atom. The summed E-state index contributed by atoms with van der Waals surface area (Å²) in [5, 5.41) is 2.10. The summed E-state index contributed by atoms with van der Waals surface area (Å²) >= 11 is 1.76. The fraction of sp³-hybridized carbons (Fsp3) is 0.667. The van der Waals surface area contributed by atoms with Crippen LogP contribution in [-0.2, 0) is 0 Å². The Balaban J connectivity index is 1.88. The molecule has 1 fully saturated rings. The summed E-state index contributed by atoms with van der Waals surface area (Å²) in [6.45, 7) is 8.06. The first-order valence-electron chi connectivity index (χ1n) is 5.58. The fourth-order valence-corrected chi connectivity index (χ4v) is 2.97. The molecule has 0 spiro atoms. The predicted molar refractivity (Wildman–Crippen MR) is 66.1 cm³/mol. The van der Waals surface area contributed by atoms with Gasteiger partial charge in [-0.25, -0.2) is 0 Å². The maximum atomic E-state index is 6.18. The molecule has 15 heavy (non-hydrogen) atoms. The highest BCUT2D eigenvalue weighted by Gasteiger charge is 2.29. The van der Waals surface area contributed by atoms with Crippen LogP contribution in [0, 0.1) is 5.41 Å². The van der Waals surface area contributed by atoms with Gasteiger partial charge in [-0.2, -0.15) is 0 Å². The molecule has 0 saturated carbocycles. The SMILES string of the molecule is CC1(C)CCN(CC(N)c2cccs2)C1. The number of nitrogens with zero attached hydrogens (tertiary/aromatic N) is 1. The van der Waals surface area contributed by atoms with Gasteiger partial charge in [0.05, 0.1) is 6.04 Å². The summed E-state index contributed by atoms with van der Waals surface area (Å²) in [5.74, 6) is 0. The van der Waals surface area contributed by atoms with Crippen LogP contribution >= 0.6 is 11.3 Å². The van der Waals surface area contributed by atoms with Crippen molar-refractivity contribution in [3.05, 3.63) is 22.4 Å². The molecule has 1 aromatic rings. The molecule has 1 unspecified atom stereocenters. The third kappa shape index (κ3) is 2.80. The Morgan fingerprint density at radius 2 is 2.40 bits per heavy atom. The topological polar surface area (TPSA) is 29.3 Å². The van der Waals surface area contributed by atoms with Gasteiger partial charge in [0, 0.05) is 18.0 Å². The molecule has 1 aromatic heterocycles. The van der Waals surface area contributed by atoms with Crippen LogP contribution in [-0.4, -0.2) is 24.5 Å². The van der Waals surface area contributed by atoms with Gasteiger partial charge in [0.2, 0.25) is 0 Å². The van der Waals surface area contributed by atoms with Crippen LogP contribution in [0.3, 0.4) is 0 Å². The van der Waals surface area contributed by atoms with Gasteiger partial charge in [0.1, 0.15) is 0 Å². The van der Waals surface area contributed by atoms with E-state index in [-0.39, 0.29) is 6.04 Å². The van der Waals surface area contributed by atoms with E-state index in [1.807, 2.05) is 0 Å². The lowest BCUT2D eigenvalue weighted by molar-refractivity contribution is 0.277. The third-order valence-electron chi connectivity index (χ3n) is 3.12. The normalized spacial score (nSPS) is 23.1. The zero-order chi connectivity index (χ0) is 10.9. The van der Waals surface area contributed by atoms with Gasteiger partial charge in [0.15, 0.2) is 0 Å². The van der Waals surface area contributed by atoms with Crippen LogP contribution in [0.5, 0.6) is 0 Å². The van der Waals surface area contributed by atoms with E-state index in [0.29, 0.717) is 5.41 Å². The van der Waals surface area contributed by atoms with E-state index in [1.165, 1.54) is 24.4 Å². The predicted octanol–water partition coefficient (Wildman–Crippen LogP) is 2.48. The second kappa shape index (κ2) is 4.24. The molecule has 1 aliphatic rings. The Bertz CT molecular complexity index is 305. The quantitative estimate of drug-likeness (QED) is 0.854. The monoisotopic (exact) mass is 224 g/mol. The largest absolute Gasteiger partial charge is 0.322 e. The number of nitrogens with two attached hydrogens (primary N) is 1. The van der Waals surface area contributed by atoms with Crippen LogP contribution in [0.15, 0.2) is 17.5 Å². The number of hydrogen-bond acceptors (Lipinski definition) is 3. The lowest BCUT2D eigenvalue weighted by Gasteiger charge is -2.22. The molecular formula is C12H20N2S. The van der Waals surface area contributed by atoms with Gasteiger partial charge >= 0.3 is 0 Å². The van der Waals surface area contributed by atoms with E-state index >= 15 is 0 Å². The van der Waals surface area contributed by atoms with Gasteiger partial charge in [-0.1, -0.05) is 19.9 Å². The summed E-state index contributed by atoms with van der Waals surface area (Å²) in [6.07, 6.45) is 1.30. The molecule has 2 heterocycles. The standard InChI is InChI=1S/C12H20N2S/c1-12(2)5-6-14(9-12)8-10(13)11-4-3-7-15-11/h3-4,7,10H,5-6,8-9,13H2,1-2H3. The van der Waals surface area contributed by atoms with Crippen molar-refractivity contribution in [1.29, 1.82) is 0 Å². The fourth-order valence-electron chi connectivity index (χ4n) is 2.25. The van der Waals surface area contributed by atoms with Crippen LogP contribution in [0.2, 0.25) is 0 Å². The molecule has 3 heteroatoms. The molecule has 2 rings (SSSR count). The second-order valence-corrected chi connectivity index (χ2v) is 6.25. The van der Waals surface area contributed by atoms with Crippen molar-refractivity contribution in [2.75, 3.05) is 19.6 Å². The van der Waals surface area contributed by atoms with Crippen LogP contribution in [0.4, 0.5) is 0 Å². The minimum Gasteiger partial charge on any atom is -0.322 e. The lowest BCUT2D eigenvalue weighted by atomic mass is 9.93. The number of hydrogen-bond donors (Lipinski definition) is 1. The van der Waals surface area contributed by atoms with E-state index in [1.54, 1.807) is 11.3 Å². The zero-order valence-electron chi connectivity index (χ0n) is 9.57. The van der Waals surface area contributed by atoms with Crippen molar-refractivity contribution < 1.29 is 0 Å². The van der Waals surface area contributed by atoms with Gasteiger partial charge < -0.3 is 10.6 Å². The summed E-state index contributed by atoms with van der Waals surface area (Å²) in [4.78, 5) is 3.80. The van der Waals surface area contributed by atoms with Gasteiger partial charge in [-0.15, -0.1) is 11.3 Å². The molecule has 0 aromatic carbocycles. The second-order valence-electron chi connectivity index (χ2n) is 5.27. The van der Waals surface area contributed by atoms with E-state index in [0.717, 1.165) is 6.54 Å². The van der Waals surface area contributed by atoms with Crippen molar-refractivity contribution in [2.24, 2.45) is 11.1 Å². The van der Waals surface area contributed by atoms with E-state index in [2.05, 4.69) is 36.3 Å². The Kier molecular flexibility index (Phi) is 3.14. The minimum absolute atomic E-state index is 0.193. The molecule has 0 aliphatic carbocycles. The molecule has 1 saturated heterocycles. The highest BCUT2D eigenvalue weighted by atomic mass is 32.1. The molecule has 2 nitrogen and oxygen atoms in total. The van der Waals surface area contributed by atoms with Crippen molar-refractivity contribution >= 4 is 11.3 Å². The summed E-state index contributed by atoms with van der Waals surface area (Å²) in [6, 6.07) is 4.41. The van der Waals surface area contributed by atoms with Gasteiger partial charge in [-0.05, 0) is 29.8 Å². The highest BCUT2D eigenvalue weighted by molar-refractivity contribution is 7.10. The molecule has 0 bridgehead atoms. The first kappa shape index (κ1) is 11.1. The van der Waals surface area contributed by atoms with Crippen LogP contribution in [0.1, 0.15) is 31.2 Å². The molecule has 84 valence electrons. The number of rotatable bonds is 3. The Labute approximate surface area is 96.1 Å². The molecule has 0 amide bonds. The van der Waals surface area contributed by atoms with Crippen molar-refractivity contribution in [2.45, 2.75) is 26.3 Å². The smallest absolute Gasteiger partial charge is 0.0519 e. The molecule has 2 N–H and O–H groups in total. The Morgan fingerprint density at radius 1 is 1.60 bits per heavy atom. The van der Waals surface area contributed by atoms with Crippen molar-refractivity contribution in [3.63, 3.8) is 0 Å². The summed E-state index contributed by atoms with van der Waals surface area (Å²) < 4.78 is 0. The van der Waals surface area contributed by atoms with E-state index in [9.17, 15) is 0 Å². The van der Waals surface area contributed by atoms with E-state index in [4.69, 9.17) is 5.73 Å². The first-order valence-corrected chi connectivity index (χ1v) is 6.46. The minimum atomic E-state index is 0.193. The Hall–Kier alpha value is -0.380. The molecule has 0 radical (unpaired) electrons. The van der Waals surface area contributed by atoms with Crippen LogP contribution in [0.25, 0.3) is 0 Å². The molecule has 1 atom stereocenters. The average Bonchev–Trinajstić information content (AvgIpc) is 2.74. The number of likely N-dealkylation sites (tertiary alicyclic amines) is 1. The number of thiophene rings is 1. The lowest BCUT2D eigenvalue weighted by Crippen LogP contribution is -2.31. The maximum absolute atomic E-state index is 6.18. The van der Waals surface area contributed by atoms with E-state index < -0.39 is 0 Å². The zero-order valence-corrected chi connectivity index (χ0v) is 10.4. The van der Waals surface area contributed by atoms with Gasteiger partial charge in [-0.3, -0.25) is 0 Å². The summed E-state index contributed by atoms with van der Waals surface area (Å²) in [5.41, 5.74) is 6.66. The molecular weight excluding hydrogens is 204 g/mol. The molecule has 1 aliphatic heterocycles. The van der Waals surface area contributed by atoms with Gasteiger partial charge in [0.25, 0.3) is 0 Å². The van der Waals surface area contributed by atoms with Crippen LogP contribution < -0.4 is 5.73 Å². The third-order valence-corrected chi connectivity index (χ3v) is 4.12.